The molecule has 0 aliphatic heterocycles. The predicted octanol–water partition coefficient (Wildman–Crippen LogP) is 3.97. The molecule has 7 heteroatoms. The largest absolute Gasteiger partial charge is 0.389 e. The Morgan fingerprint density at radius 2 is 2.00 bits per heavy atom. The third-order valence-corrected chi connectivity index (χ3v) is 4.17. The van der Waals surface area contributed by atoms with E-state index < -0.39 is 11.6 Å². The smallest absolute Gasteiger partial charge is 0.182 e. The zero-order valence-electron chi connectivity index (χ0n) is 10.3. The average Bonchev–Trinajstić information content (AvgIpc) is 2.80. The number of nitrogens with two attached hydrogens (primary N) is 1. The molecule has 2 aromatic rings. The molecule has 1 aromatic heterocycles. The molecule has 20 heavy (non-hydrogen) atoms. The molecule has 0 fully saturated rings. The predicted molar refractivity (Wildman–Crippen MR) is 83.8 cm³/mol. The Bertz CT molecular complexity index is 643. The van der Waals surface area contributed by atoms with Gasteiger partial charge in [0.25, 0.3) is 0 Å². The van der Waals surface area contributed by atoms with E-state index in [0.717, 1.165) is 4.88 Å². The zero-order chi connectivity index (χ0) is 14.7. The summed E-state index contributed by atoms with van der Waals surface area (Å²) in [5.74, 6) is -2.00. The first kappa shape index (κ1) is 15.2. The summed E-state index contributed by atoms with van der Waals surface area (Å²) < 4.78 is 28.2. The summed E-state index contributed by atoms with van der Waals surface area (Å²) in [7, 11) is 0. The van der Waals surface area contributed by atoms with E-state index in [1.165, 1.54) is 23.5 Å². The highest BCUT2D eigenvalue weighted by molar-refractivity contribution is 7.80. The molecule has 0 bridgehead atoms. The van der Waals surface area contributed by atoms with Gasteiger partial charge in [-0.1, -0.05) is 23.8 Å². The van der Waals surface area contributed by atoms with Crippen LogP contribution in [0.4, 0.5) is 14.5 Å². The summed E-state index contributed by atoms with van der Waals surface area (Å²) in [4.78, 5) is 0.907. The second kappa shape index (κ2) is 6.47. The Morgan fingerprint density at radius 1 is 1.25 bits per heavy atom. The third-order valence-electron chi connectivity index (χ3n) is 2.66. The van der Waals surface area contributed by atoms with Crippen molar-refractivity contribution in [1.29, 1.82) is 0 Å². The molecule has 2 rings (SSSR count). The van der Waals surface area contributed by atoms with Crippen molar-refractivity contribution in [3.8, 4) is 0 Å². The molecule has 0 aliphatic carbocycles. The molecule has 1 heterocycles. The van der Waals surface area contributed by atoms with Crippen LogP contribution in [0.3, 0.4) is 0 Å². The summed E-state index contributed by atoms with van der Waals surface area (Å²) in [6, 6.07) is 6.50. The molecule has 1 aromatic carbocycles. The molecule has 0 atom stereocenters. The number of anilines is 1. The van der Waals surface area contributed by atoms with Crippen LogP contribution in [0.25, 0.3) is 0 Å². The number of thiocarbonyl (C=S) groups is 1. The van der Waals surface area contributed by atoms with E-state index in [0.29, 0.717) is 17.3 Å². The highest BCUT2D eigenvalue weighted by atomic mass is 35.5. The maximum atomic E-state index is 13.8. The molecule has 0 saturated heterocycles. The van der Waals surface area contributed by atoms with E-state index >= 15 is 0 Å². The maximum absolute atomic E-state index is 13.8. The maximum Gasteiger partial charge on any atom is 0.182 e. The van der Waals surface area contributed by atoms with Crippen LogP contribution in [0.2, 0.25) is 4.34 Å². The third kappa shape index (κ3) is 3.45. The lowest BCUT2D eigenvalue weighted by atomic mass is 10.1. The Hall–Kier alpha value is -1.24. The second-order valence-electron chi connectivity index (χ2n) is 4.04. The van der Waals surface area contributed by atoms with Gasteiger partial charge in [-0.25, -0.2) is 8.78 Å². The van der Waals surface area contributed by atoms with Crippen LogP contribution >= 0.6 is 35.2 Å². The fourth-order valence-corrected chi connectivity index (χ4v) is 2.93. The molecule has 0 amide bonds. The molecular weight excluding hydrogens is 322 g/mol. The molecule has 0 unspecified atom stereocenters. The highest BCUT2D eigenvalue weighted by Crippen LogP contribution is 2.23. The van der Waals surface area contributed by atoms with Gasteiger partial charge < -0.3 is 11.1 Å². The van der Waals surface area contributed by atoms with Gasteiger partial charge >= 0.3 is 0 Å². The summed E-state index contributed by atoms with van der Waals surface area (Å²) in [5.41, 5.74) is 5.30. The minimum atomic E-state index is -1.03. The fraction of sp³-hybridized carbons (Fsp3) is 0.154. The van der Waals surface area contributed by atoms with Gasteiger partial charge in [0, 0.05) is 17.0 Å². The normalized spacial score (nSPS) is 10.6. The molecular formula is C13H11ClF2N2S2. The van der Waals surface area contributed by atoms with Gasteiger partial charge in [0.1, 0.15) is 4.99 Å². The van der Waals surface area contributed by atoms with E-state index in [1.807, 2.05) is 6.07 Å². The van der Waals surface area contributed by atoms with Gasteiger partial charge in [0.2, 0.25) is 0 Å². The Morgan fingerprint density at radius 3 is 2.60 bits per heavy atom. The highest BCUT2D eigenvalue weighted by Gasteiger charge is 2.14. The number of hydrogen-bond acceptors (Lipinski definition) is 3. The molecule has 106 valence electrons. The topological polar surface area (TPSA) is 38.0 Å². The number of thiophene rings is 1. The number of hydrogen-bond donors (Lipinski definition) is 2. The van der Waals surface area contributed by atoms with Crippen molar-refractivity contribution < 1.29 is 8.78 Å². The van der Waals surface area contributed by atoms with Crippen molar-refractivity contribution in [2.75, 3.05) is 11.9 Å². The van der Waals surface area contributed by atoms with E-state index in [9.17, 15) is 8.78 Å². The number of halogens is 3. The van der Waals surface area contributed by atoms with E-state index in [1.54, 1.807) is 6.07 Å². The standard InChI is InChI=1S/C13H11ClF2N2S2/c14-10-4-1-7(20-10)5-6-18-9-3-2-8(13(17)19)11(15)12(9)16/h1-4,18H,5-6H2,(H2,17,19). The fourth-order valence-electron chi connectivity index (χ4n) is 1.68. The first-order chi connectivity index (χ1) is 9.49. The summed E-state index contributed by atoms with van der Waals surface area (Å²) in [6.07, 6.45) is 0.676. The lowest BCUT2D eigenvalue weighted by Gasteiger charge is -2.09. The molecule has 0 saturated carbocycles. The van der Waals surface area contributed by atoms with Gasteiger partial charge in [-0.15, -0.1) is 11.3 Å². The molecule has 2 nitrogen and oxygen atoms in total. The molecule has 0 radical (unpaired) electrons. The zero-order valence-corrected chi connectivity index (χ0v) is 12.6. The molecule has 0 spiro atoms. The number of nitrogens with one attached hydrogen (secondary N) is 1. The monoisotopic (exact) mass is 332 g/mol. The van der Waals surface area contributed by atoms with Crippen molar-refractivity contribution in [3.05, 3.63) is 50.7 Å². The Kier molecular flexibility index (Phi) is 4.91. The lowest BCUT2D eigenvalue weighted by molar-refractivity contribution is 0.509. The van der Waals surface area contributed by atoms with Crippen molar-refractivity contribution in [2.45, 2.75) is 6.42 Å². The van der Waals surface area contributed by atoms with Crippen LogP contribution in [0.15, 0.2) is 24.3 Å². The summed E-state index contributed by atoms with van der Waals surface area (Å²) >= 11 is 11.9. The quantitative estimate of drug-likeness (QED) is 0.814. The SMILES string of the molecule is NC(=S)c1ccc(NCCc2ccc(Cl)s2)c(F)c1F. The van der Waals surface area contributed by atoms with Crippen molar-refractivity contribution in [3.63, 3.8) is 0 Å². The van der Waals surface area contributed by atoms with Gasteiger partial charge in [0.15, 0.2) is 11.6 Å². The van der Waals surface area contributed by atoms with E-state index in [-0.39, 0.29) is 16.2 Å². The van der Waals surface area contributed by atoms with Crippen LogP contribution in [-0.2, 0) is 6.42 Å². The Balaban J connectivity index is 2.03. The van der Waals surface area contributed by atoms with Crippen LogP contribution in [-0.4, -0.2) is 11.5 Å². The van der Waals surface area contributed by atoms with E-state index in [4.69, 9.17) is 17.3 Å². The van der Waals surface area contributed by atoms with Crippen molar-refractivity contribution in [2.24, 2.45) is 5.73 Å². The Labute approximate surface area is 129 Å². The van der Waals surface area contributed by atoms with Crippen molar-refractivity contribution in [1.82, 2.24) is 0 Å². The van der Waals surface area contributed by atoms with Crippen LogP contribution in [0, 0.1) is 11.6 Å². The van der Waals surface area contributed by atoms with Crippen LogP contribution in [0.5, 0.6) is 0 Å². The van der Waals surface area contributed by atoms with Gasteiger partial charge in [0.05, 0.1) is 10.0 Å². The van der Waals surface area contributed by atoms with E-state index in [2.05, 4.69) is 17.5 Å². The second-order valence-corrected chi connectivity index (χ2v) is 6.27. The van der Waals surface area contributed by atoms with Gasteiger partial charge in [-0.3, -0.25) is 0 Å². The minimum absolute atomic E-state index is 0.0881. The van der Waals surface area contributed by atoms with Gasteiger partial charge in [-0.2, -0.15) is 0 Å². The first-order valence-corrected chi connectivity index (χ1v) is 7.35. The molecule has 3 N–H and O–H groups in total. The van der Waals surface area contributed by atoms with Crippen LogP contribution < -0.4 is 11.1 Å². The van der Waals surface area contributed by atoms with Crippen LogP contribution in [0.1, 0.15) is 10.4 Å². The summed E-state index contributed by atoms with van der Waals surface area (Å²) in [5, 5.41) is 2.84. The van der Waals surface area contributed by atoms with Gasteiger partial charge in [-0.05, 0) is 30.7 Å². The lowest BCUT2D eigenvalue weighted by Crippen LogP contribution is -2.14. The number of rotatable bonds is 5. The first-order valence-electron chi connectivity index (χ1n) is 5.75. The minimum Gasteiger partial charge on any atom is -0.389 e. The average molecular weight is 333 g/mol. The molecule has 0 aliphatic rings. The number of benzene rings is 1. The van der Waals surface area contributed by atoms with Crippen molar-refractivity contribution >= 4 is 45.8 Å². The summed E-state index contributed by atoms with van der Waals surface area (Å²) in [6.45, 7) is 0.472.